The first-order valence-electron chi connectivity index (χ1n) is 7.39. The van der Waals surface area contributed by atoms with Crippen LogP contribution in [0.15, 0.2) is 27.6 Å². The van der Waals surface area contributed by atoms with Crippen molar-refractivity contribution < 1.29 is 19.5 Å². The van der Waals surface area contributed by atoms with Crippen LogP contribution in [0.25, 0.3) is 5.57 Å². The minimum atomic E-state index is -0.921. The Bertz CT molecular complexity index is 853. The average molecular weight is 441 g/mol. The first-order valence-corrected chi connectivity index (χ1v) is 9.40. The van der Waals surface area contributed by atoms with E-state index in [-0.39, 0.29) is 24.8 Å². The van der Waals surface area contributed by atoms with E-state index >= 15 is 0 Å². The van der Waals surface area contributed by atoms with E-state index in [0.29, 0.717) is 26.8 Å². The zero-order valence-corrected chi connectivity index (χ0v) is 16.3. The third-order valence-electron chi connectivity index (χ3n) is 3.96. The summed E-state index contributed by atoms with van der Waals surface area (Å²) in [6.07, 6.45) is 0.265. The van der Waals surface area contributed by atoms with Gasteiger partial charge < -0.3 is 10.0 Å². The van der Waals surface area contributed by atoms with Gasteiger partial charge in [0.2, 0.25) is 0 Å². The molecule has 0 saturated carbocycles. The van der Waals surface area contributed by atoms with E-state index in [4.69, 9.17) is 17.3 Å². The Kier molecular flexibility index (Phi) is 4.99. The van der Waals surface area contributed by atoms with Gasteiger partial charge >= 0.3 is 5.97 Å². The van der Waals surface area contributed by atoms with Gasteiger partial charge in [-0.2, -0.15) is 0 Å². The molecule has 130 valence electrons. The molecule has 0 radical (unpaired) electrons. The maximum atomic E-state index is 12.8. The van der Waals surface area contributed by atoms with Crippen molar-refractivity contribution in [1.29, 1.82) is 0 Å². The number of amides is 2. The summed E-state index contributed by atoms with van der Waals surface area (Å²) in [6, 6.07) is 5.46. The fourth-order valence-corrected chi connectivity index (χ4v) is 4.48. The van der Waals surface area contributed by atoms with E-state index in [1.807, 2.05) is 18.2 Å². The second-order valence-corrected chi connectivity index (χ2v) is 8.11. The molecule has 0 spiro atoms. The lowest BCUT2D eigenvalue weighted by molar-refractivity contribution is -0.137. The summed E-state index contributed by atoms with van der Waals surface area (Å²) < 4.78 is 1.15. The SMILES string of the molecule is CN1C(=O)/C(=C2\SC(=S)N(CCCC(=O)O)C2=O)c2cc(Br)ccc21. The summed E-state index contributed by atoms with van der Waals surface area (Å²) in [5.41, 5.74) is 1.77. The van der Waals surface area contributed by atoms with E-state index in [9.17, 15) is 14.4 Å². The van der Waals surface area contributed by atoms with E-state index in [0.717, 1.165) is 21.9 Å². The quantitative estimate of drug-likeness (QED) is 0.572. The highest BCUT2D eigenvalue weighted by molar-refractivity contribution is 9.10. The van der Waals surface area contributed by atoms with Crippen molar-refractivity contribution in [3.63, 3.8) is 0 Å². The number of carbonyl (C=O) groups is 3. The molecule has 1 saturated heterocycles. The number of carboxylic acid groups (broad SMARTS) is 1. The Hall–Kier alpha value is -1.71. The number of carbonyl (C=O) groups excluding carboxylic acids is 2. The van der Waals surface area contributed by atoms with Crippen molar-refractivity contribution in [3.8, 4) is 0 Å². The largest absolute Gasteiger partial charge is 0.481 e. The zero-order valence-electron chi connectivity index (χ0n) is 13.1. The molecule has 6 nitrogen and oxygen atoms in total. The first-order chi connectivity index (χ1) is 11.8. The van der Waals surface area contributed by atoms with Crippen LogP contribution in [0.5, 0.6) is 0 Å². The summed E-state index contributed by atoms with van der Waals surface area (Å²) in [7, 11) is 1.66. The minimum Gasteiger partial charge on any atom is -0.481 e. The molecule has 2 amide bonds. The number of thioether (sulfide) groups is 1. The number of rotatable bonds is 4. The van der Waals surface area contributed by atoms with Gasteiger partial charge in [-0.05, 0) is 24.6 Å². The third kappa shape index (κ3) is 3.23. The third-order valence-corrected chi connectivity index (χ3v) is 5.90. The molecule has 1 N–H and O–H groups in total. The minimum absolute atomic E-state index is 0.0413. The van der Waals surface area contributed by atoms with Crippen LogP contribution in [0.3, 0.4) is 0 Å². The van der Waals surface area contributed by atoms with Crippen molar-refractivity contribution in [2.75, 3.05) is 18.5 Å². The molecular weight excluding hydrogens is 428 g/mol. The van der Waals surface area contributed by atoms with Gasteiger partial charge in [-0.25, -0.2) is 0 Å². The average Bonchev–Trinajstić information content (AvgIpc) is 2.95. The maximum absolute atomic E-state index is 12.8. The van der Waals surface area contributed by atoms with Crippen LogP contribution in [0.4, 0.5) is 5.69 Å². The number of hydrogen-bond acceptors (Lipinski definition) is 5. The maximum Gasteiger partial charge on any atom is 0.303 e. The van der Waals surface area contributed by atoms with Gasteiger partial charge in [0.25, 0.3) is 11.8 Å². The first kappa shape index (κ1) is 18.1. The Morgan fingerprint density at radius 3 is 2.72 bits per heavy atom. The lowest BCUT2D eigenvalue weighted by Gasteiger charge is -2.13. The number of thiocarbonyl (C=S) groups is 1. The predicted octanol–water partition coefficient (Wildman–Crippen LogP) is 2.86. The van der Waals surface area contributed by atoms with E-state index in [1.54, 1.807) is 7.05 Å². The normalized spacial score (nSPS) is 19.8. The van der Waals surface area contributed by atoms with Gasteiger partial charge in [-0.15, -0.1) is 0 Å². The van der Waals surface area contributed by atoms with Gasteiger partial charge in [-0.3, -0.25) is 19.3 Å². The molecule has 25 heavy (non-hydrogen) atoms. The number of fused-ring (bicyclic) bond motifs is 1. The number of likely N-dealkylation sites (N-methyl/N-ethyl adjacent to an activating group) is 1. The van der Waals surface area contributed by atoms with Crippen LogP contribution in [-0.4, -0.2) is 45.7 Å². The highest BCUT2D eigenvalue weighted by Crippen LogP contribution is 2.44. The number of aliphatic carboxylic acids is 1. The lowest BCUT2D eigenvalue weighted by atomic mass is 10.1. The fourth-order valence-electron chi connectivity index (χ4n) is 2.74. The van der Waals surface area contributed by atoms with Crippen molar-refractivity contribution in [1.82, 2.24) is 4.90 Å². The van der Waals surface area contributed by atoms with E-state index in [2.05, 4.69) is 15.9 Å². The standard InChI is InChI=1S/C16H13BrN2O4S2/c1-18-10-5-4-8(17)7-9(10)12(14(18)22)13-15(23)19(16(24)25-13)6-2-3-11(20)21/h4-5,7H,2-3,6H2,1H3,(H,20,21)/b13-12-. The van der Waals surface area contributed by atoms with Crippen LogP contribution in [0, 0.1) is 0 Å². The smallest absolute Gasteiger partial charge is 0.303 e. The van der Waals surface area contributed by atoms with Crippen LogP contribution in [0.1, 0.15) is 18.4 Å². The Labute approximate surface area is 162 Å². The molecule has 2 aliphatic heterocycles. The summed E-state index contributed by atoms with van der Waals surface area (Å²) >= 11 is 9.74. The molecule has 1 aromatic rings. The number of nitrogens with zero attached hydrogens (tertiary/aromatic N) is 2. The number of hydrogen-bond donors (Lipinski definition) is 1. The van der Waals surface area contributed by atoms with Gasteiger partial charge in [0.05, 0.1) is 16.2 Å². The molecule has 2 heterocycles. The van der Waals surface area contributed by atoms with Gasteiger partial charge in [-0.1, -0.05) is 39.9 Å². The zero-order chi connectivity index (χ0) is 18.3. The van der Waals surface area contributed by atoms with Crippen LogP contribution in [-0.2, 0) is 14.4 Å². The molecule has 9 heteroatoms. The predicted molar refractivity (Wildman–Crippen MR) is 103 cm³/mol. The molecule has 2 aliphatic rings. The Balaban J connectivity index is 1.97. The van der Waals surface area contributed by atoms with Gasteiger partial charge in [0, 0.05) is 30.0 Å². The number of halogens is 1. The molecule has 1 aromatic carbocycles. The molecule has 0 unspecified atom stereocenters. The summed E-state index contributed by atoms with van der Waals surface area (Å²) in [6.45, 7) is 0.225. The van der Waals surface area contributed by atoms with Gasteiger partial charge in [0.15, 0.2) is 0 Å². The Morgan fingerprint density at radius 2 is 2.04 bits per heavy atom. The van der Waals surface area contributed by atoms with E-state index < -0.39 is 5.97 Å². The summed E-state index contributed by atoms with van der Waals surface area (Å²) in [5, 5.41) is 8.74. The lowest BCUT2D eigenvalue weighted by Crippen LogP contribution is -2.30. The number of anilines is 1. The van der Waals surface area contributed by atoms with Crippen molar-refractivity contribution >= 4 is 73.3 Å². The van der Waals surface area contributed by atoms with Crippen LogP contribution in [0.2, 0.25) is 0 Å². The highest BCUT2D eigenvalue weighted by Gasteiger charge is 2.40. The monoisotopic (exact) mass is 440 g/mol. The van der Waals surface area contributed by atoms with Crippen LogP contribution >= 0.6 is 39.9 Å². The molecule has 0 atom stereocenters. The second-order valence-electron chi connectivity index (χ2n) is 5.55. The van der Waals surface area contributed by atoms with Crippen molar-refractivity contribution in [2.24, 2.45) is 0 Å². The Morgan fingerprint density at radius 1 is 1.32 bits per heavy atom. The van der Waals surface area contributed by atoms with Gasteiger partial charge in [0.1, 0.15) is 4.32 Å². The summed E-state index contributed by atoms with van der Waals surface area (Å²) in [4.78, 5) is 39.3. The fraction of sp³-hybridized carbons (Fsp3) is 0.250. The number of benzene rings is 1. The summed E-state index contributed by atoms with van der Waals surface area (Å²) in [5.74, 6) is -1.51. The molecule has 0 bridgehead atoms. The molecular formula is C16H13BrN2O4S2. The molecule has 1 fully saturated rings. The second kappa shape index (κ2) is 6.89. The molecule has 3 rings (SSSR count). The highest BCUT2D eigenvalue weighted by atomic mass is 79.9. The topological polar surface area (TPSA) is 77.9 Å². The molecule has 0 aromatic heterocycles. The van der Waals surface area contributed by atoms with Crippen molar-refractivity contribution in [2.45, 2.75) is 12.8 Å². The van der Waals surface area contributed by atoms with E-state index in [1.165, 1.54) is 9.80 Å². The number of carboxylic acids is 1. The van der Waals surface area contributed by atoms with Crippen molar-refractivity contribution in [3.05, 3.63) is 33.1 Å². The van der Waals surface area contributed by atoms with Crippen LogP contribution < -0.4 is 4.90 Å². The molecule has 0 aliphatic carbocycles.